The molecule has 2 aromatic carbocycles. The van der Waals surface area contributed by atoms with Crippen LogP contribution in [0.5, 0.6) is 5.75 Å². The van der Waals surface area contributed by atoms with Gasteiger partial charge < -0.3 is 9.36 Å². The first-order chi connectivity index (χ1) is 10.9. The minimum absolute atomic E-state index is 0.218. The maximum absolute atomic E-state index is 12.2. The first kappa shape index (κ1) is 17.8. The van der Waals surface area contributed by atoms with E-state index in [0.29, 0.717) is 18.1 Å². The van der Waals surface area contributed by atoms with Crippen LogP contribution in [0, 0.1) is 5.92 Å². The third-order valence-electron chi connectivity index (χ3n) is 3.16. The van der Waals surface area contributed by atoms with Crippen LogP contribution >= 0.6 is 18.1 Å². The van der Waals surface area contributed by atoms with Crippen molar-refractivity contribution >= 4 is 34.9 Å². The van der Waals surface area contributed by atoms with Crippen LogP contribution in [0.25, 0.3) is 10.8 Å². The topological polar surface area (TPSA) is 64.6 Å². The SMILES string of the molecule is CC(C)CCC(=O)ONP(=O)(Cl)Oc1cccc2ccccc12. The van der Waals surface area contributed by atoms with Crippen LogP contribution in [0.4, 0.5) is 0 Å². The Labute approximate surface area is 140 Å². The van der Waals surface area contributed by atoms with E-state index >= 15 is 0 Å². The lowest BCUT2D eigenvalue weighted by atomic mass is 10.1. The summed E-state index contributed by atoms with van der Waals surface area (Å²) in [5, 5.41) is 3.74. The average molecular weight is 356 g/mol. The summed E-state index contributed by atoms with van der Waals surface area (Å²) in [6.45, 7) is 0.153. The standard InChI is InChI=1S/C16H19ClNO4P/c1-12(2)10-11-16(19)21-18-23(17,20)22-15-9-5-7-13-6-3-4-8-14(13)15/h3-9,12H,10-11H2,1-2H3,(H,18,20). The molecule has 0 aliphatic rings. The summed E-state index contributed by atoms with van der Waals surface area (Å²) in [4.78, 5) is 16.3. The molecule has 0 aromatic heterocycles. The van der Waals surface area contributed by atoms with Crippen LogP contribution in [0.3, 0.4) is 0 Å². The summed E-state index contributed by atoms with van der Waals surface area (Å²) in [6.07, 6.45) is 0.896. The summed E-state index contributed by atoms with van der Waals surface area (Å²) in [7, 11) is 0. The molecule has 0 amide bonds. The van der Waals surface area contributed by atoms with Gasteiger partial charge in [0.1, 0.15) is 5.75 Å². The molecule has 0 saturated heterocycles. The Morgan fingerprint density at radius 2 is 1.91 bits per heavy atom. The minimum Gasteiger partial charge on any atom is -0.420 e. The summed E-state index contributed by atoms with van der Waals surface area (Å²) in [6, 6.07) is 12.8. The van der Waals surface area contributed by atoms with E-state index < -0.39 is 12.8 Å². The molecule has 1 unspecified atom stereocenters. The highest BCUT2D eigenvalue weighted by molar-refractivity contribution is 7.83. The fourth-order valence-electron chi connectivity index (χ4n) is 1.98. The lowest BCUT2D eigenvalue weighted by Crippen LogP contribution is -2.18. The number of carbonyl (C=O) groups excluding carboxylic acids is 1. The molecule has 0 heterocycles. The van der Waals surface area contributed by atoms with Crippen LogP contribution in [0.2, 0.25) is 0 Å². The van der Waals surface area contributed by atoms with Gasteiger partial charge in [-0.1, -0.05) is 55.5 Å². The molecule has 7 heteroatoms. The van der Waals surface area contributed by atoms with Crippen molar-refractivity contribution in [2.24, 2.45) is 5.92 Å². The zero-order valence-corrected chi connectivity index (χ0v) is 14.6. The summed E-state index contributed by atoms with van der Waals surface area (Å²) >= 11 is 5.82. The van der Waals surface area contributed by atoms with Gasteiger partial charge in [0.05, 0.1) is 0 Å². The predicted octanol–water partition coefficient (Wildman–Crippen LogP) is 5.05. The van der Waals surface area contributed by atoms with E-state index in [4.69, 9.17) is 20.6 Å². The number of hydrogen-bond donors (Lipinski definition) is 1. The van der Waals surface area contributed by atoms with Gasteiger partial charge in [-0.05, 0) is 23.8 Å². The van der Waals surface area contributed by atoms with Crippen molar-refractivity contribution in [2.45, 2.75) is 26.7 Å². The van der Waals surface area contributed by atoms with Crippen LogP contribution in [-0.4, -0.2) is 5.97 Å². The maximum Gasteiger partial charge on any atom is 0.441 e. The van der Waals surface area contributed by atoms with Gasteiger partial charge in [-0.2, -0.15) is 0 Å². The van der Waals surface area contributed by atoms with Gasteiger partial charge in [-0.15, -0.1) is 0 Å². The Morgan fingerprint density at radius 1 is 1.22 bits per heavy atom. The van der Waals surface area contributed by atoms with Crippen LogP contribution in [0.15, 0.2) is 42.5 Å². The van der Waals surface area contributed by atoms with E-state index in [9.17, 15) is 9.36 Å². The quantitative estimate of drug-likeness (QED) is 0.556. The Hall–Kier alpha value is -1.55. The molecule has 0 bridgehead atoms. The molecule has 0 spiro atoms. The van der Waals surface area contributed by atoms with E-state index in [-0.39, 0.29) is 6.42 Å². The highest BCUT2D eigenvalue weighted by Gasteiger charge is 2.24. The van der Waals surface area contributed by atoms with E-state index in [2.05, 4.69) is 0 Å². The molecular formula is C16H19ClNO4P. The zero-order valence-electron chi connectivity index (χ0n) is 13.0. The number of halogens is 1. The number of carbonyl (C=O) groups is 1. The van der Waals surface area contributed by atoms with E-state index in [1.54, 1.807) is 12.1 Å². The zero-order chi connectivity index (χ0) is 16.9. The summed E-state index contributed by atoms with van der Waals surface area (Å²) < 4.78 is 17.5. The largest absolute Gasteiger partial charge is 0.441 e. The number of rotatable bonds is 7. The van der Waals surface area contributed by atoms with Crippen LogP contribution in [0.1, 0.15) is 26.7 Å². The Balaban J connectivity index is 2.00. The molecule has 0 radical (unpaired) electrons. The van der Waals surface area contributed by atoms with Crippen molar-refractivity contribution < 1.29 is 18.7 Å². The second-order valence-electron chi connectivity index (χ2n) is 5.55. The van der Waals surface area contributed by atoms with Crippen molar-refractivity contribution in [1.29, 1.82) is 0 Å². The Kier molecular flexibility index (Phi) is 6.05. The third-order valence-corrected chi connectivity index (χ3v) is 4.31. The molecule has 0 saturated carbocycles. The van der Waals surface area contributed by atoms with Crippen molar-refractivity contribution in [2.75, 3.05) is 0 Å². The summed E-state index contributed by atoms with van der Waals surface area (Å²) in [5.74, 6) is 0.200. The molecule has 124 valence electrons. The molecule has 23 heavy (non-hydrogen) atoms. The fourth-order valence-corrected chi connectivity index (χ4v) is 2.97. The number of hydrogen-bond acceptors (Lipinski definition) is 4. The molecule has 1 atom stereocenters. The molecule has 5 nitrogen and oxygen atoms in total. The lowest BCUT2D eigenvalue weighted by Gasteiger charge is -2.15. The number of nitrogens with one attached hydrogen (secondary N) is 1. The molecule has 0 fully saturated rings. The molecule has 0 aliphatic heterocycles. The normalized spacial score (nSPS) is 13.7. The molecule has 0 aliphatic carbocycles. The predicted molar refractivity (Wildman–Crippen MR) is 91.3 cm³/mol. The summed E-state index contributed by atoms with van der Waals surface area (Å²) in [5.41, 5.74) is 0. The Morgan fingerprint density at radius 3 is 2.65 bits per heavy atom. The van der Waals surface area contributed by atoms with Crippen molar-refractivity contribution in [1.82, 2.24) is 5.25 Å². The molecule has 2 rings (SSSR count). The minimum atomic E-state index is -3.84. The maximum atomic E-state index is 12.2. The molecular weight excluding hydrogens is 337 g/mol. The van der Waals surface area contributed by atoms with Gasteiger partial charge >= 0.3 is 12.8 Å². The van der Waals surface area contributed by atoms with Crippen molar-refractivity contribution in [3.63, 3.8) is 0 Å². The first-order valence-electron chi connectivity index (χ1n) is 7.31. The van der Waals surface area contributed by atoms with Gasteiger partial charge in [0.25, 0.3) is 0 Å². The Bertz CT molecular complexity index is 730. The smallest absolute Gasteiger partial charge is 0.420 e. The van der Waals surface area contributed by atoms with E-state index in [1.165, 1.54) is 0 Å². The van der Waals surface area contributed by atoms with Crippen molar-refractivity contribution in [3.05, 3.63) is 42.5 Å². The average Bonchev–Trinajstić information content (AvgIpc) is 2.51. The highest BCUT2D eigenvalue weighted by Crippen LogP contribution is 2.49. The monoisotopic (exact) mass is 355 g/mol. The second kappa shape index (κ2) is 7.82. The van der Waals surface area contributed by atoms with Crippen LogP contribution < -0.4 is 9.77 Å². The van der Waals surface area contributed by atoms with Crippen LogP contribution in [-0.2, 0) is 14.2 Å². The number of benzene rings is 2. The second-order valence-corrected chi connectivity index (χ2v) is 8.21. The van der Waals surface area contributed by atoms with E-state index in [0.717, 1.165) is 10.8 Å². The van der Waals surface area contributed by atoms with E-state index in [1.807, 2.05) is 49.4 Å². The third kappa shape index (κ3) is 5.54. The first-order valence-corrected chi connectivity index (χ1v) is 9.84. The van der Waals surface area contributed by atoms with Gasteiger partial charge in [0.15, 0.2) is 0 Å². The molecule has 1 N–H and O–H groups in total. The number of fused-ring (bicyclic) bond motifs is 1. The van der Waals surface area contributed by atoms with Gasteiger partial charge in [0, 0.05) is 23.0 Å². The van der Waals surface area contributed by atoms with Gasteiger partial charge in [-0.25, -0.2) is 4.57 Å². The van der Waals surface area contributed by atoms with Crippen molar-refractivity contribution in [3.8, 4) is 5.75 Å². The van der Waals surface area contributed by atoms with Gasteiger partial charge in [-0.3, -0.25) is 4.79 Å². The lowest BCUT2D eigenvalue weighted by molar-refractivity contribution is -0.147. The van der Waals surface area contributed by atoms with Gasteiger partial charge in [0.2, 0.25) is 0 Å². The fraction of sp³-hybridized carbons (Fsp3) is 0.312. The molecule has 2 aromatic rings. The highest BCUT2D eigenvalue weighted by atomic mass is 35.7.